The molecule has 1 saturated carbocycles. The molecule has 0 bridgehead atoms. The van der Waals surface area contributed by atoms with E-state index in [1.54, 1.807) is 0 Å². The van der Waals surface area contributed by atoms with Crippen molar-refractivity contribution in [2.75, 3.05) is 14.1 Å². The minimum absolute atomic E-state index is 0.684. The summed E-state index contributed by atoms with van der Waals surface area (Å²) in [7, 11) is 4.40. The molecule has 1 fully saturated rings. The molecule has 1 N–H and O–H groups in total. The topological polar surface area (TPSA) is 15.3 Å². The Hall–Kier alpha value is -0.0800. The first-order valence-electron chi connectivity index (χ1n) is 6.47. The third-order valence-electron chi connectivity index (χ3n) is 4.23. The van der Waals surface area contributed by atoms with Crippen LogP contribution in [0.5, 0.6) is 0 Å². The summed E-state index contributed by atoms with van der Waals surface area (Å²) in [6, 6.07) is 2.12. The Labute approximate surface area is 95.4 Å². The molecule has 3 atom stereocenters. The predicted octanol–water partition coefficient (Wildman–Crippen LogP) is 2.49. The molecule has 2 heteroatoms. The third-order valence-corrected chi connectivity index (χ3v) is 4.23. The van der Waals surface area contributed by atoms with Crippen molar-refractivity contribution < 1.29 is 0 Å². The van der Waals surface area contributed by atoms with Crippen molar-refractivity contribution >= 4 is 0 Å². The highest BCUT2D eigenvalue weighted by Gasteiger charge is 2.30. The maximum absolute atomic E-state index is 3.49. The summed E-state index contributed by atoms with van der Waals surface area (Å²) in [6.07, 6.45) is 5.50. The fourth-order valence-electron chi connectivity index (χ4n) is 2.71. The van der Waals surface area contributed by atoms with Gasteiger partial charge in [0.25, 0.3) is 0 Å². The Morgan fingerprint density at radius 3 is 2.27 bits per heavy atom. The molecule has 1 aliphatic carbocycles. The van der Waals surface area contributed by atoms with Crippen LogP contribution in [0.1, 0.15) is 46.5 Å². The SMILES string of the molecule is CNC1CCCCC1N(C)C(C)C(C)C. The molecule has 1 rings (SSSR count). The summed E-state index contributed by atoms with van der Waals surface area (Å²) in [5.41, 5.74) is 0. The Balaban J connectivity index is 2.58. The van der Waals surface area contributed by atoms with Gasteiger partial charge in [-0.3, -0.25) is 4.90 Å². The van der Waals surface area contributed by atoms with Crippen LogP contribution in [0.2, 0.25) is 0 Å². The van der Waals surface area contributed by atoms with E-state index in [1.807, 2.05) is 0 Å². The quantitative estimate of drug-likeness (QED) is 0.770. The first-order valence-corrected chi connectivity index (χ1v) is 6.47. The summed E-state index contributed by atoms with van der Waals surface area (Å²) < 4.78 is 0. The second kappa shape index (κ2) is 5.86. The molecule has 0 aromatic heterocycles. The molecule has 15 heavy (non-hydrogen) atoms. The monoisotopic (exact) mass is 212 g/mol. The smallest absolute Gasteiger partial charge is 0.0249 e. The lowest BCUT2D eigenvalue weighted by Crippen LogP contribution is -2.53. The van der Waals surface area contributed by atoms with Gasteiger partial charge in [0.05, 0.1) is 0 Å². The number of rotatable bonds is 4. The lowest BCUT2D eigenvalue weighted by Gasteiger charge is -2.42. The van der Waals surface area contributed by atoms with Crippen molar-refractivity contribution in [2.24, 2.45) is 5.92 Å². The normalized spacial score (nSPS) is 29.8. The lowest BCUT2D eigenvalue weighted by atomic mass is 9.88. The minimum atomic E-state index is 0.684. The number of hydrogen-bond acceptors (Lipinski definition) is 2. The predicted molar refractivity (Wildman–Crippen MR) is 67.2 cm³/mol. The maximum Gasteiger partial charge on any atom is 0.0249 e. The third kappa shape index (κ3) is 3.18. The van der Waals surface area contributed by atoms with E-state index in [0.717, 1.165) is 12.0 Å². The van der Waals surface area contributed by atoms with Crippen LogP contribution in [0.3, 0.4) is 0 Å². The van der Waals surface area contributed by atoms with E-state index in [4.69, 9.17) is 0 Å². The number of nitrogens with zero attached hydrogens (tertiary/aromatic N) is 1. The summed E-state index contributed by atoms with van der Waals surface area (Å²) in [4.78, 5) is 2.59. The average molecular weight is 212 g/mol. The summed E-state index contributed by atoms with van der Waals surface area (Å²) in [6.45, 7) is 6.99. The van der Waals surface area contributed by atoms with E-state index < -0.39 is 0 Å². The van der Waals surface area contributed by atoms with Crippen LogP contribution in [-0.4, -0.2) is 37.1 Å². The fraction of sp³-hybridized carbons (Fsp3) is 1.00. The van der Waals surface area contributed by atoms with Crippen LogP contribution in [0, 0.1) is 5.92 Å². The average Bonchev–Trinajstić information content (AvgIpc) is 2.26. The summed E-state index contributed by atoms with van der Waals surface area (Å²) in [5.74, 6) is 0.745. The number of nitrogens with one attached hydrogen (secondary N) is 1. The number of likely N-dealkylation sites (N-methyl/N-ethyl adjacent to an activating group) is 2. The molecule has 0 aliphatic heterocycles. The molecular weight excluding hydrogens is 184 g/mol. The lowest BCUT2D eigenvalue weighted by molar-refractivity contribution is 0.0945. The van der Waals surface area contributed by atoms with Gasteiger partial charge in [-0.15, -0.1) is 0 Å². The summed E-state index contributed by atoms with van der Waals surface area (Å²) in [5, 5.41) is 3.49. The van der Waals surface area contributed by atoms with Crippen molar-refractivity contribution in [3.8, 4) is 0 Å². The van der Waals surface area contributed by atoms with Crippen LogP contribution < -0.4 is 5.32 Å². The molecule has 1 aliphatic rings. The molecule has 0 spiro atoms. The highest BCUT2D eigenvalue weighted by Crippen LogP contribution is 2.25. The van der Waals surface area contributed by atoms with Crippen molar-refractivity contribution in [1.29, 1.82) is 0 Å². The molecule has 90 valence electrons. The van der Waals surface area contributed by atoms with Gasteiger partial charge in [0.2, 0.25) is 0 Å². The Kier molecular flexibility index (Phi) is 5.07. The Morgan fingerprint density at radius 2 is 1.73 bits per heavy atom. The molecule has 0 saturated heterocycles. The number of hydrogen-bond donors (Lipinski definition) is 1. The molecule has 2 nitrogen and oxygen atoms in total. The molecule has 0 aromatic carbocycles. The van der Waals surface area contributed by atoms with Gasteiger partial charge >= 0.3 is 0 Å². The van der Waals surface area contributed by atoms with E-state index in [9.17, 15) is 0 Å². The van der Waals surface area contributed by atoms with Gasteiger partial charge in [-0.25, -0.2) is 0 Å². The highest BCUT2D eigenvalue weighted by atomic mass is 15.2. The summed E-state index contributed by atoms with van der Waals surface area (Å²) >= 11 is 0. The van der Waals surface area contributed by atoms with E-state index >= 15 is 0 Å². The first kappa shape index (κ1) is 13.0. The Bertz CT molecular complexity index is 179. The zero-order valence-electron chi connectivity index (χ0n) is 11.1. The van der Waals surface area contributed by atoms with Crippen molar-refractivity contribution in [1.82, 2.24) is 10.2 Å². The van der Waals surface area contributed by atoms with Crippen LogP contribution in [0.25, 0.3) is 0 Å². The molecule has 0 aromatic rings. The van der Waals surface area contributed by atoms with Crippen LogP contribution in [0.4, 0.5) is 0 Å². The Morgan fingerprint density at radius 1 is 1.13 bits per heavy atom. The zero-order chi connectivity index (χ0) is 11.4. The van der Waals surface area contributed by atoms with Crippen LogP contribution >= 0.6 is 0 Å². The first-order chi connectivity index (χ1) is 7.07. The maximum atomic E-state index is 3.49. The van der Waals surface area contributed by atoms with Crippen molar-refractivity contribution in [3.05, 3.63) is 0 Å². The van der Waals surface area contributed by atoms with E-state index in [-0.39, 0.29) is 0 Å². The van der Waals surface area contributed by atoms with Crippen LogP contribution in [0.15, 0.2) is 0 Å². The van der Waals surface area contributed by atoms with Crippen LogP contribution in [-0.2, 0) is 0 Å². The highest BCUT2D eigenvalue weighted by molar-refractivity contribution is 4.88. The molecular formula is C13H28N2. The van der Waals surface area contributed by atoms with Gasteiger partial charge in [0, 0.05) is 18.1 Å². The van der Waals surface area contributed by atoms with Gasteiger partial charge in [0.1, 0.15) is 0 Å². The van der Waals surface area contributed by atoms with E-state index in [0.29, 0.717) is 12.1 Å². The second-order valence-electron chi connectivity index (χ2n) is 5.40. The van der Waals surface area contributed by atoms with E-state index in [1.165, 1.54) is 25.7 Å². The molecule has 0 radical (unpaired) electrons. The van der Waals surface area contributed by atoms with Gasteiger partial charge in [0.15, 0.2) is 0 Å². The van der Waals surface area contributed by atoms with Gasteiger partial charge in [-0.2, -0.15) is 0 Å². The molecule has 3 unspecified atom stereocenters. The van der Waals surface area contributed by atoms with E-state index in [2.05, 4.69) is 45.1 Å². The standard InChI is InChI=1S/C13H28N2/c1-10(2)11(3)15(5)13-9-7-6-8-12(13)14-4/h10-14H,6-9H2,1-5H3. The second-order valence-corrected chi connectivity index (χ2v) is 5.40. The minimum Gasteiger partial charge on any atom is -0.315 e. The molecule has 0 heterocycles. The van der Waals surface area contributed by atoms with Crippen molar-refractivity contribution in [2.45, 2.75) is 64.6 Å². The van der Waals surface area contributed by atoms with Gasteiger partial charge in [-0.05, 0) is 39.8 Å². The largest absolute Gasteiger partial charge is 0.315 e. The van der Waals surface area contributed by atoms with Gasteiger partial charge in [-0.1, -0.05) is 26.7 Å². The zero-order valence-corrected chi connectivity index (χ0v) is 11.1. The molecule has 0 amide bonds. The van der Waals surface area contributed by atoms with Crippen molar-refractivity contribution in [3.63, 3.8) is 0 Å². The fourth-order valence-corrected chi connectivity index (χ4v) is 2.71. The van der Waals surface area contributed by atoms with Gasteiger partial charge < -0.3 is 5.32 Å².